The first-order valence-corrected chi connectivity index (χ1v) is 8.52. The second kappa shape index (κ2) is 7.97. The van der Waals surface area contributed by atoms with Crippen LogP contribution in [0.4, 0.5) is 4.39 Å². The van der Waals surface area contributed by atoms with Crippen LogP contribution in [0.15, 0.2) is 65.1 Å². The zero-order valence-corrected chi connectivity index (χ0v) is 14.9. The first kappa shape index (κ1) is 17.9. The van der Waals surface area contributed by atoms with Gasteiger partial charge >= 0.3 is 0 Å². The second-order valence-corrected chi connectivity index (χ2v) is 6.55. The number of nitrogens with one attached hydrogen (secondary N) is 2. The number of amides is 1. The zero-order chi connectivity index (χ0) is 18.5. The minimum atomic E-state index is -0.309. The number of rotatable bonds is 6. The molecule has 26 heavy (non-hydrogen) atoms. The van der Waals surface area contributed by atoms with Gasteiger partial charge in [-0.05, 0) is 42.0 Å². The molecule has 2 aromatic carbocycles. The molecule has 0 fully saturated rings. The third kappa shape index (κ3) is 4.58. The molecule has 3 rings (SSSR count). The maximum absolute atomic E-state index is 13.0. The van der Waals surface area contributed by atoms with Crippen molar-refractivity contribution in [1.29, 1.82) is 0 Å². The van der Waals surface area contributed by atoms with Crippen molar-refractivity contribution in [2.45, 2.75) is 13.1 Å². The number of halogens is 1. The van der Waals surface area contributed by atoms with Gasteiger partial charge in [0.1, 0.15) is 18.1 Å². The summed E-state index contributed by atoms with van der Waals surface area (Å²) >= 11 is 0. The van der Waals surface area contributed by atoms with E-state index in [1.165, 1.54) is 22.6 Å². The van der Waals surface area contributed by atoms with E-state index in [-0.39, 0.29) is 17.5 Å². The fraction of sp³-hybridized carbons (Fsp3) is 0.190. The van der Waals surface area contributed by atoms with E-state index >= 15 is 0 Å². The molecular formula is C21H22FN2O2+. The van der Waals surface area contributed by atoms with Gasteiger partial charge < -0.3 is 14.6 Å². The van der Waals surface area contributed by atoms with E-state index < -0.39 is 0 Å². The van der Waals surface area contributed by atoms with E-state index in [9.17, 15) is 9.18 Å². The number of furan rings is 1. The molecule has 0 spiro atoms. The van der Waals surface area contributed by atoms with Gasteiger partial charge in [0, 0.05) is 17.7 Å². The van der Waals surface area contributed by atoms with Gasteiger partial charge in [-0.2, -0.15) is 0 Å². The highest BCUT2D eigenvalue weighted by Crippen LogP contribution is 2.22. The Morgan fingerprint density at radius 1 is 0.962 bits per heavy atom. The Hall–Kier alpha value is -2.92. The molecule has 0 radical (unpaired) electrons. The van der Waals surface area contributed by atoms with E-state index in [2.05, 4.69) is 31.5 Å². The monoisotopic (exact) mass is 353 g/mol. The molecule has 1 heterocycles. The van der Waals surface area contributed by atoms with Gasteiger partial charge in [-0.3, -0.25) is 4.79 Å². The first-order valence-electron chi connectivity index (χ1n) is 8.52. The minimum Gasteiger partial charge on any atom is -0.451 e. The van der Waals surface area contributed by atoms with Gasteiger partial charge in [-0.25, -0.2) is 4.39 Å². The van der Waals surface area contributed by atoms with Crippen molar-refractivity contribution in [1.82, 2.24) is 5.32 Å². The minimum absolute atomic E-state index is 0.233. The van der Waals surface area contributed by atoms with Gasteiger partial charge in [-0.15, -0.1) is 0 Å². The summed E-state index contributed by atoms with van der Waals surface area (Å²) in [6.45, 7) is 1.39. The summed E-state index contributed by atoms with van der Waals surface area (Å²) in [7, 11) is 4.22. The highest BCUT2D eigenvalue weighted by atomic mass is 19.1. The van der Waals surface area contributed by atoms with E-state index in [0.717, 1.165) is 17.7 Å². The van der Waals surface area contributed by atoms with Crippen molar-refractivity contribution in [2.24, 2.45) is 0 Å². The van der Waals surface area contributed by atoms with Gasteiger partial charge in [0.15, 0.2) is 5.76 Å². The van der Waals surface area contributed by atoms with Crippen LogP contribution in [0.1, 0.15) is 21.7 Å². The SMILES string of the molecule is C[NH+](C)Cc1ccc(CNC(=O)c2ccc(-c3ccc(F)cc3)o2)cc1. The largest absolute Gasteiger partial charge is 0.451 e. The Morgan fingerprint density at radius 3 is 2.27 bits per heavy atom. The van der Waals surface area contributed by atoms with Crippen molar-refractivity contribution >= 4 is 5.91 Å². The molecule has 0 unspecified atom stereocenters. The van der Waals surface area contributed by atoms with Crippen LogP contribution < -0.4 is 10.2 Å². The van der Waals surface area contributed by atoms with Gasteiger partial charge in [-0.1, -0.05) is 24.3 Å². The lowest BCUT2D eigenvalue weighted by molar-refractivity contribution is -0.872. The molecule has 1 amide bonds. The summed E-state index contributed by atoms with van der Waals surface area (Å²) in [6, 6.07) is 17.5. The third-order valence-corrected chi connectivity index (χ3v) is 3.99. The predicted molar refractivity (Wildman–Crippen MR) is 98.2 cm³/mol. The third-order valence-electron chi connectivity index (χ3n) is 3.99. The summed E-state index contributed by atoms with van der Waals surface area (Å²) in [4.78, 5) is 13.6. The predicted octanol–water partition coefficient (Wildman–Crippen LogP) is 2.66. The van der Waals surface area contributed by atoms with E-state index in [4.69, 9.17) is 4.42 Å². The Balaban J connectivity index is 1.59. The van der Waals surface area contributed by atoms with Crippen LogP contribution in [0, 0.1) is 5.82 Å². The molecule has 0 aliphatic heterocycles. The van der Waals surface area contributed by atoms with Crippen molar-refractivity contribution in [3.8, 4) is 11.3 Å². The molecule has 2 N–H and O–H groups in total. The Kier molecular flexibility index (Phi) is 5.49. The molecule has 0 aliphatic carbocycles. The van der Waals surface area contributed by atoms with Crippen LogP contribution in [-0.2, 0) is 13.1 Å². The van der Waals surface area contributed by atoms with Crippen LogP contribution in [0.5, 0.6) is 0 Å². The lowest BCUT2D eigenvalue weighted by Crippen LogP contribution is -3.04. The Labute approximate surface area is 152 Å². The number of hydrogen-bond donors (Lipinski definition) is 2. The quantitative estimate of drug-likeness (QED) is 0.716. The van der Waals surface area contributed by atoms with Crippen molar-refractivity contribution in [2.75, 3.05) is 14.1 Å². The smallest absolute Gasteiger partial charge is 0.287 e. The number of hydrogen-bond acceptors (Lipinski definition) is 2. The summed E-state index contributed by atoms with van der Waals surface area (Å²) in [5, 5.41) is 2.85. The number of carbonyl (C=O) groups excluding carboxylic acids is 1. The average Bonchev–Trinajstić information content (AvgIpc) is 3.11. The normalized spacial score (nSPS) is 10.9. The number of benzene rings is 2. The van der Waals surface area contributed by atoms with Crippen molar-refractivity contribution in [3.63, 3.8) is 0 Å². The topological polar surface area (TPSA) is 46.7 Å². The Morgan fingerprint density at radius 2 is 1.62 bits per heavy atom. The molecule has 0 atom stereocenters. The summed E-state index contributed by atoms with van der Waals surface area (Å²) in [6.07, 6.45) is 0. The highest BCUT2D eigenvalue weighted by molar-refractivity contribution is 5.92. The highest BCUT2D eigenvalue weighted by Gasteiger charge is 2.12. The van der Waals surface area contributed by atoms with Crippen molar-refractivity contribution in [3.05, 3.63) is 83.4 Å². The molecule has 0 bridgehead atoms. The summed E-state index contributed by atoms with van der Waals surface area (Å²) in [5.74, 6) is 0.180. The number of quaternary nitrogens is 1. The molecule has 0 aliphatic rings. The Bertz CT molecular complexity index is 868. The second-order valence-electron chi connectivity index (χ2n) is 6.55. The lowest BCUT2D eigenvalue weighted by atomic mass is 10.1. The van der Waals surface area contributed by atoms with Crippen LogP contribution in [0.2, 0.25) is 0 Å². The van der Waals surface area contributed by atoms with E-state index in [0.29, 0.717) is 12.3 Å². The molecule has 5 heteroatoms. The molecule has 0 saturated heterocycles. The van der Waals surface area contributed by atoms with Crippen LogP contribution in [-0.4, -0.2) is 20.0 Å². The van der Waals surface area contributed by atoms with Gasteiger partial charge in [0.25, 0.3) is 5.91 Å². The maximum Gasteiger partial charge on any atom is 0.287 e. The fourth-order valence-electron chi connectivity index (χ4n) is 2.68. The van der Waals surface area contributed by atoms with E-state index in [1.807, 2.05) is 12.1 Å². The molecule has 134 valence electrons. The molecular weight excluding hydrogens is 331 g/mol. The maximum atomic E-state index is 13.0. The first-order chi connectivity index (χ1) is 12.5. The van der Waals surface area contributed by atoms with E-state index in [1.54, 1.807) is 24.3 Å². The van der Waals surface area contributed by atoms with Gasteiger partial charge in [0.2, 0.25) is 0 Å². The van der Waals surface area contributed by atoms with Gasteiger partial charge in [0.05, 0.1) is 14.1 Å². The molecule has 3 aromatic rings. The zero-order valence-electron chi connectivity index (χ0n) is 14.9. The van der Waals surface area contributed by atoms with Crippen LogP contribution in [0.3, 0.4) is 0 Å². The van der Waals surface area contributed by atoms with Crippen LogP contribution in [0.25, 0.3) is 11.3 Å². The summed E-state index contributed by atoms with van der Waals surface area (Å²) in [5.41, 5.74) is 3.01. The fourth-order valence-corrected chi connectivity index (χ4v) is 2.68. The molecule has 0 saturated carbocycles. The average molecular weight is 353 g/mol. The molecule has 4 nitrogen and oxygen atoms in total. The molecule has 1 aromatic heterocycles. The lowest BCUT2D eigenvalue weighted by Gasteiger charge is -2.08. The standard InChI is InChI=1S/C21H21FN2O2/c1-24(2)14-16-5-3-15(4-6-16)13-23-21(25)20-12-11-19(26-20)17-7-9-18(22)10-8-17/h3-12H,13-14H2,1-2H3,(H,23,25)/p+1. The van der Waals surface area contributed by atoms with Crippen molar-refractivity contribution < 1.29 is 18.5 Å². The number of carbonyl (C=O) groups is 1. The van der Waals surface area contributed by atoms with Crippen LogP contribution >= 0.6 is 0 Å². The summed E-state index contributed by atoms with van der Waals surface area (Å²) < 4.78 is 18.6.